The maximum atomic E-state index is 9.48. The second-order valence-electron chi connectivity index (χ2n) is 1.05. The van der Waals surface area contributed by atoms with Crippen molar-refractivity contribution >= 4 is 0 Å². The van der Waals surface area contributed by atoms with E-state index in [4.69, 9.17) is 5.11 Å². The predicted molar refractivity (Wildman–Crippen MR) is 25.3 cm³/mol. The summed E-state index contributed by atoms with van der Waals surface area (Å²) < 4.78 is 0. The molecule has 0 unspecified atom stereocenters. The first kappa shape index (κ1) is 6.36. The van der Waals surface area contributed by atoms with Gasteiger partial charge in [-0.1, -0.05) is 0 Å². The van der Waals surface area contributed by atoms with Crippen LogP contribution in [-0.2, 0) is 0 Å². The second-order valence-corrected chi connectivity index (χ2v) is 1.05. The Hall–Kier alpha value is -0.640. The molecule has 0 bridgehead atoms. The number of nitroso groups, excluding NO2 is 1. The van der Waals surface area contributed by atoms with E-state index in [1.165, 1.54) is 0 Å². The van der Waals surface area contributed by atoms with Crippen LogP contribution < -0.4 is 0 Å². The van der Waals surface area contributed by atoms with Crippen LogP contribution in [0.2, 0.25) is 0 Å². The van der Waals surface area contributed by atoms with Crippen molar-refractivity contribution in [1.29, 1.82) is 0 Å². The van der Waals surface area contributed by atoms with Crippen molar-refractivity contribution in [2.45, 2.75) is 6.92 Å². The highest BCUT2D eigenvalue weighted by Crippen LogP contribution is 1.80. The van der Waals surface area contributed by atoms with Crippen LogP contribution in [0.25, 0.3) is 0 Å². The third-order valence-corrected chi connectivity index (χ3v) is 0.644. The molecule has 0 amide bonds. The summed E-state index contributed by atoms with van der Waals surface area (Å²) in [6, 6.07) is 0. The normalized spacial score (nSPS) is 8.29. The first-order valence-electron chi connectivity index (χ1n) is 2.04. The number of aliphatic hydroxyl groups excluding tert-OH is 1. The minimum absolute atomic E-state index is 0.292. The van der Waals surface area contributed by atoms with Crippen LogP contribution in [0.5, 0.6) is 0 Å². The molecular formula is C3H8N2O2. The van der Waals surface area contributed by atoms with Gasteiger partial charge in [-0.3, -0.25) is 0 Å². The number of aliphatic hydroxyl groups is 1. The van der Waals surface area contributed by atoms with Crippen LogP contribution in [0.3, 0.4) is 0 Å². The lowest BCUT2D eigenvalue weighted by Crippen LogP contribution is -2.16. The van der Waals surface area contributed by atoms with Gasteiger partial charge in [0, 0.05) is 6.54 Å². The van der Waals surface area contributed by atoms with E-state index in [1.807, 2.05) is 0 Å². The summed E-state index contributed by atoms with van der Waals surface area (Å²) in [6.07, 6.45) is 0. The van der Waals surface area contributed by atoms with Crippen LogP contribution in [-0.4, -0.2) is 23.4 Å². The molecule has 0 aliphatic carbocycles. The molecule has 0 aliphatic rings. The first-order chi connectivity index (χ1) is 3.35. The van der Waals surface area contributed by atoms with E-state index >= 15 is 0 Å². The average Bonchev–Trinajstić information content (AvgIpc) is 1.72. The van der Waals surface area contributed by atoms with Gasteiger partial charge in [-0.15, -0.1) is 4.91 Å². The summed E-state index contributed by atoms with van der Waals surface area (Å²) in [4.78, 5) is 9.48. The standard InChI is InChI=1S/C3H8N2O2/c1-2-5(3-6)4-7/h6H,2-3H2,1H3. The van der Waals surface area contributed by atoms with Crippen molar-refractivity contribution < 1.29 is 5.11 Å². The number of hydrogen-bond donors (Lipinski definition) is 1. The topological polar surface area (TPSA) is 52.9 Å². The van der Waals surface area contributed by atoms with Crippen LogP contribution >= 0.6 is 0 Å². The molecule has 0 radical (unpaired) electrons. The average molecular weight is 104 g/mol. The molecule has 4 nitrogen and oxygen atoms in total. The molecule has 0 atom stereocenters. The molecule has 7 heavy (non-hydrogen) atoms. The molecule has 42 valence electrons. The molecule has 0 spiro atoms. The number of hydrogen-bond acceptors (Lipinski definition) is 3. The predicted octanol–water partition coefficient (Wildman–Crippen LogP) is -0.0605. The lowest BCUT2D eigenvalue weighted by Gasteiger charge is -2.04. The SMILES string of the molecule is CCN(CO)N=O. The van der Waals surface area contributed by atoms with Crippen molar-refractivity contribution in [3.63, 3.8) is 0 Å². The number of rotatable bonds is 3. The number of nitrogens with zero attached hydrogens (tertiary/aromatic N) is 2. The Morgan fingerprint density at radius 2 is 2.43 bits per heavy atom. The minimum atomic E-state index is -0.292. The lowest BCUT2D eigenvalue weighted by atomic mass is 10.7. The van der Waals surface area contributed by atoms with Crippen LogP contribution in [0.4, 0.5) is 0 Å². The quantitative estimate of drug-likeness (QED) is 0.310. The summed E-state index contributed by atoms with van der Waals surface area (Å²) in [6.45, 7) is 1.90. The van der Waals surface area contributed by atoms with E-state index in [0.717, 1.165) is 5.01 Å². The fourth-order valence-corrected chi connectivity index (χ4v) is 0.184. The van der Waals surface area contributed by atoms with E-state index in [1.54, 1.807) is 6.92 Å². The molecule has 0 saturated carbocycles. The molecule has 0 aromatic heterocycles. The van der Waals surface area contributed by atoms with Gasteiger partial charge >= 0.3 is 0 Å². The van der Waals surface area contributed by atoms with E-state index in [-0.39, 0.29) is 6.73 Å². The third-order valence-electron chi connectivity index (χ3n) is 0.644. The Kier molecular flexibility index (Phi) is 3.22. The molecule has 0 rings (SSSR count). The Balaban J connectivity index is 3.16. The fourth-order valence-electron chi connectivity index (χ4n) is 0.184. The fraction of sp³-hybridized carbons (Fsp3) is 1.00. The first-order valence-corrected chi connectivity index (χ1v) is 2.04. The van der Waals surface area contributed by atoms with E-state index < -0.39 is 0 Å². The summed E-state index contributed by atoms with van der Waals surface area (Å²) in [5.41, 5.74) is 0. The molecule has 1 N–H and O–H groups in total. The zero-order chi connectivity index (χ0) is 5.70. The minimum Gasteiger partial charge on any atom is -0.375 e. The Bertz CT molecular complexity index is 52.9. The van der Waals surface area contributed by atoms with Gasteiger partial charge in [0.1, 0.15) is 6.73 Å². The van der Waals surface area contributed by atoms with Crippen molar-refractivity contribution in [1.82, 2.24) is 5.01 Å². The van der Waals surface area contributed by atoms with Gasteiger partial charge in [0.25, 0.3) is 0 Å². The van der Waals surface area contributed by atoms with Gasteiger partial charge in [-0.05, 0) is 6.92 Å². The highest BCUT2D eigenvalue weighted by atomic mass is 16.3. The van der Waals surface area contributed by atoms with Gasteiger partial charge in [0.15, 0.2) is 0 Å². The van der Waals surface area contributed by atoms with Crippen LogP contribution in [0.1, 0.15) is 6.92 Å². The van der Waals surface area contributed by atoms with E-state index in [2.05, 4.69) is 5.29 Å². The lowest BCUT2D eigenvalue weighted by molar-refractivity contribution is 0.114. The van der Waals surface area contributed by atoms with Gasteiger partial charge in [0.2, 0.25) is 0 Å². The zero-order valence-corrected chi connectivity index (χ0v) is 4.16. The molecule has 0 aliphatic heterocycles. The largest absolute Gasteiger partial charge is 0.375 e. The molecule has 0 fully saturated rings. The van der Waals surface area contributed by atoms with Gasteiger partial charge in [-0.2, -0.15) is 0 Å². The monoisotopic (exact) mass is 104 g/mol. The highest BCUT2D eigenvalue weighted by Gasteiger charge is 1.90. The second kappa shape index (κ2) is 3.55. The Morgan fingerprint density at radius 3 is 2.43 bits per heavy atom. The van der Waals surface area contributed by atoms with Gasteiger partial charge in [0.05, 0.1) is 5.29 Å². The van der Waals surface area contributed by atoms with Crippen molar-refractivity contribution in [3.8, 4) is 0 Å². The highest BCUT2D eigenvalue weighted by molar-refractivity contribution is 4.33. The molecule has 0 aromatic carbocycles. The van der Waals surface area contributed by atoms with Crippen LogP contribution in [0, 0.1) is 4.91 Å². The van der Waals surface area contributed by atoms with Crippen molar-refractivity contribution in [2.75, 3.05) is 13.3 Å². The van der Waals surface area contributed by atoms with E-state index in [9.17, 15) is 4.91 Å². The zero-order valence-electron chi connectivity index (χ0n) is 4.16. The molecule has 4 heteroatoms. The molecule has 0 saturated heterocycles. The maximum absolute atomic E-state index is 9.48. The molecule has 0 heterocycles. The smallest absolute Gasteiger partial charge is 0.134 e. The maximum Gasteiger partial charge on any atom is 0.134 e. The Labute approximate surface area is 41.7 Å². The molecular weight excluding hydrogens is 96.0 g/mol. The van der Waals surface area contributed by atoms with Gasteiger partial charge in [-0.25, -0.2) is 5.01 Å². The van der Waals surface area contributed by atoms with E-state index in [0.29, 0.717) is 6.54 Å². The third kappa shape index (κ3) is 2.11. The summed E-state index contributed by atoms with van der Waals surface area (Å²) in [7, 11) is 0. The Morgan fingerprint density at radius 1 is 1.86 bits per heavy atom. The summed E-state index contributed by atoms with van der Waals surface area (Å²) in [5.74, 6) is 0. The van der Waals surface area contributed by atoms with Gasteiger partial charge < -0.3 is 5.11 Å². The van der Waals surface area contributed by atoms with Crippen molar-refractivity contribution in [2.24, 2.45) is 5.29 Å². The van der Waals surface area contributed by atoms with Crippen LogP contribution in [0.15, 0.2) is 5.29 Å². The molecule has 0 aromatic rings. The summed E-state index contributed by atoms with van der Waals surface area (Å²) in [5, 5.41) is 11.6. The summed E-state index contributed by atoms with van der Waals surface area (Å²) >= 11 is 0. The van der Waals surface area contributed by atoms with Crippen molar-refractivity contribution in [3.05, 3.63) is 4.91 Å².